The van der Waals surface area contributed by atoms with Gasteiger partial charge in [0.15, 0.2) is 0 Å². The zero-order valence-corrected chi connectivity index (χ0v) is 15.9. The Kier molecular flexibility index (Phi) is 5.00. The molecule has 1 fully saturated rings. The fourth-order valence-corrected chi connectivity index (χ4v) is 5.00. The van der Waals surface area contributed by atoms with Gasteiger partial charge in [0, 0.05) is 20.0 Å². The summed E-state index contributed by atoms with van der Waals surface area (Å²) in [6.45, 7) is 2.95. The van der Waals surface area contributed by atoms with Gasteiger partial charge in [-0.2, -0.15) is 0 Å². The Hall–Kier alpha value is -2.20. The van der Waals surface area contributed by atoms with E-state index < -0.39 is 0 Å². The molecule has 1 aliphatic heterocycles. The second kappa shape index (κ2) is 7.43. The molecule has 1 saturated heterocycles. The lowest BCUT2D eigenvalue weighted by molar-refractivity contribution is -0.121. The number of piperidine rings is 1. The number of benzene rings is 2. The number of rotatable bonds is 4. The van der Waals surface area contributed by atoms with Crippen molar-refractivity contribution in [2.24, 2.45) is 0 Å². The molecular weight excluding hydrogens is 339 g/mol. The van der Waals surface area contributed by atoms with Gasteiger partial charge in [0.05, 0.1) is 0 Å². The van der Waals surface area contributed by atoms with E-state index in [0.29, 0.717) is 12.3 Å². The molecule has 0 radical (unpaired) electrons. The highest BCUT2D eigenvalue weighted by atomic mass is 19.1. The van der Waals surface area contributed by atoms with E-state index in [2.05, 4.69) is 34.5 Å². The van der Waals surface area contributed by atoms with Gasteiger partial charge in [-0.3, -0.25) is 9.69 Å². The molecule has 2 aliphatic rings. The van der Waals surface area contributed by atoms with E-state index in [1.54, 1.807) is 7.05 Å². The van der Waals surface area contributed by atoms with Crippen LogP contribution < -0.4 is 5.32 Å². The number of halogens is 1. The summed E-state index contributed by atoms with van der Waals surface area (Å²) in [5.74, 6) is 0.270. The molecular formula is C23H27FN2O. The summed E-state index contributed by atoms with van der Waals surface area (Å²) in [4.78, 5) is 14.4. The van der Waals surface area contributed by atoms with Crippen molar-refractivity contribution in [3.05, 3.63) is 71.0 Å². The minimum absolute atomic E-state index is 0.126. The summed E-state index contributed by atoms with van der Waals surface area (Å²) in [6, 6.07) is 15.5. The number of carbonyl (C=O) groups excluding carboxylic acids is 1. The van der Waals surface area contributed by atoms with Gasteiger partial charge in [0.1, 0.15) is 5.82 Å². The maximum absolute atomic E-state index is 13.1. The van der Waals surface area contributed by atoms with Crippen LogP contribution in [0.15, 0.2) is 48.5 Å². The molecule has 1 aliphatic carbocycles. The Balaban J connectivity index is 1.47. The van der Waals surface area contributed by atoms with E-state index >= 15 is 0 Å². The van der Waals surface area contributed by atoms with Crippen molar-refractivity contribution in [1.29, 1.82) is 0 Å². The molecule has 142 valence electrons. The van der Waals surface area contributed by atoms with Gasteiger partial charge in [-0.05, 0) is 72.5 Å². The van der Waals surface area contributed by atoms with Crippen LogP contribution in [-0.4, -0.2) is 30.9 Å². The van der Waals surface area contributed by atoms with Crippen LogP contribution in [0.1, 0.15) is 48.3 Å². The van der Waals surface area contributed by atoms with E-state index in [9.17, 15) is 9.18 Å². The third-order valence-corrected chi connectivity index (χ3v) is 6.45. The summed E-state index contributed by atoms with van der Waals surface area (Å²) in [7, 11) is 1.72. The summed E-state index contributed by atoms with van der Waals surface area (Å²) < 4.78 is 13.1. The number of likely N-dealkylation sites (tertiary alicyclic amines) is 1. The smallest absolute Gasteiger partial charge is 0.220 e. The van der Waals surface area contributed by atoms with Crippen molar-refractivity contribution >= 4 is 5.91 Å². The molecule has 2 aromatic rings. The predicted octanol–water partition coefficient (Wildman–Crippen LogP) is 3.98. The number of nitrogens with zero attached hydrogens (tertiary/aromatic N) is 1. The highest BCUT2D eigenvalue weighted by molar-refractivity contribution is 5.77. The molecule has 0 saturated carbocycles. The van der Waals surface area contributed by atoms with Crippen LogP contribution in [0.5, 0.6) is 0 Å². The first-order chi connectivity index (χ1) is 13.1. The lowest BCUT2D eigenvalue weighted by Gasteiger charge is -2.40. The fourth-order valence-electron chi connectivity index (χ4n) is 5.00. The second-order valence-corrected chi connectivity index (χ2v) is 8.05. The fraction of sp³-hybridized carbons (Fsp3) is 0.435. The number of amides is 1. The summed E-state index contributed by atoms with van der Waals surface area (Å²) >= 11 is 0. The maximum atomic E-state index is 13.1. The summed E-state index contributed by atoms with van der Waals surface area (Å²) in [5.41, 5.74) is 4.19. The van der Waals surface area contributed by atoms with E-state index in [1.807, 2.05) is 12.1 Å². The first kappa shape index (κ1) is 18.2. The van der Waals surface area contributed by atoms with Gasteiger partial charge in [-0.1, -0.05) is 36.4 Å². The van der Waals surface area contributed by atoms with Crippen LogP contribution >= 0.6 is 0 Å². The van der Waals surface area contributed by atoms with Crippen molar-refractivity contribution in [3.63, 3.8) is 0 Å². The molecule has 4 rings (SSSR count). The van der Waals surface area contributed by atoms with Gasteiger partial charge >= 0.3 is 0 Å². The number of hydrogen-bond acceptors (Lipinski definition) is 2. The average molecular weight is 366 g/mol. The molecule has 1 heterocycles. The van der Waals surface area contributed by atoms with E-state index in [4.69, 9.17) is 0 Å². The quantitative estimate of drug-likeness (QED) is 0.888. The Morgan fingerprint density at radius 1 is 1.15 bits per heavy atom. The lowest BCUT2D eigenvalue weighted by Crippen LogP contribution is -2.41. The molecule has 4 heteroatoms. The highest BCUT2D eigenvalue weighted by Crippen LogP contribution is 2.52. The van der Waals surface area contributed by atoms with E-state index in [1.165, 1.54) is 23.3 Å². The van der Waals surface area contributed by atoms with Crippen molar-refractivity contribution < 1.29 is 9.18 Å². The first-order valence-electron chi connectivity index (χ1n) is 9.86. The van der Waals surface area contributed by atoms with Crippen LogP contribution in [0.2, 0.25) is 0 Å². The predicted molar refractivity (Wildman–Crippen MR) is 105 cm³/mol. The Morgan fingerprint density at radius 3 is 2.56 bits per heavy atom. The maximum Gasteiger partial charge on any atom is 0.220 e. The average Bonchev–Trinajstić information content (AvgIpc) is 2.99. The van der Waals surface area contributed by atoms with Gasteiger partial charge in [-0.15, -0.1) is 0 Å². The largest absolute Gasteiger partial charge is 0.359 e. The van der Waals surface area contributed by atoms with E-state index in [-0.39, 0.29) is 17.1 Å². The Bertz CT molecular complexity index is 809. The van der Waals surface area contributed by atoms with Gasteiger partial charge < -0.3 is 5.32 Å². The zero-order chi connectivity index (χ0) is 18.9. The Morgan fingerprint density at radius 2 is 1.85 bits per heavy atom. The van der Waals surface area contributed by atoms with Gasteiger partial charge in [0.25, 0.3) is 0 Å². The Labute approximate surface area is 160 Å². The van der Waals surface area contributed by atoms with Crippen molar-refractivity contribution in [1.82, 2.24) is 10.2 Å². The van der Waals surface area contributed by atoms with Crippen molar-refractivity contribution in [2.75, 3.05) is 20.1 Å². The summed E-state index contributed by atoms with van der Waals surface area (Å²) in [5, 5.41) is 2.78. The minimum atomic E-state index is -0.180. The van der Waals surface area contributed by atoms with Crippen LogP contribution in [0.3, 0.4) is 0 Å². The van der Waals surface area contributed by atoms with Crippen molar-refractivity contribution in [3.8, 4) is 0 Å². The molecule has 27 heavy (non-hydrogen) atoms. The number of nitrogens with one attached hydrogen (secondary N) is 1. The normalized spacial score (nSPS) is 21.2. The minimum Gasteiger partial charge on any atom is -0.359 e. The van der Waals surface area contributed by atoms with Crippen LogP contribution in [0.4, 0.5) is 4.39 Å². The molecule has 0 aromatic heterocycles. The molecule has 0 bridgehead atoms. The molecule has 1 N–H and O–H groups in total. The van der Waals surface area contributed by atoms with Crippen molar-refractivity contribution in [2.45, 2.75) is 43.6 Å². The molecule has 2 aromatic carbocycles. The SMILES string of the molecule is CNC(=O)C[C@@H]1CC2(CCN(Cc3ccc(F)cc3)CC2)c2ccccc21. The van der Waals surface area contributed by atoms with E-state index in [0.717, 1.165) is 44.5 Å². The van der Waals surface area contributed by atoms with Crippen LogP contribution in [0, 0.1) is 5.82 Å². The van der Waals surface area contributed by atoms with Crippen LogP contribution in [-0.2, 0) is 16.8 Å². The standard InChI is InChI=1S/C23H27FN2O/c1-25-22(27)14-18-15-23(21-5-3-2-4-20(18)21)10-12-26(13-11-23)16-17-6-8-19(24)9-7-17/h2-9,18H,10-16H2,1H3,(H,25,27)/t18-/m1/s1. The third-order valence-electron chi connectivity index (χ3n) is 6.45. The number of hydrogen-bond donors (Lipinski definition) is 1. The molecule has 1 atom stereocenters. The van der Waals surface area contributed by atoms with Gasteiger partial charge in [-0.25, -0.2) is 4.39 Å². The first-order valence-corrected chi connectivity index (χ1v) is 9.86. The number of carbonyl (C=O) groups is 1. The zero-order valence-electron chi connectivity index (χ0n) is 15.9. The van der Waals surface area contributed by atoms with Crippen LogP contribution in [0.25, 0.3) is 0 Å². The monoisotopic (exact) mass is 366 g/mol. The topological polar surface area (TPSA) is 32.3 Å². The second-order valence-electron chi connectivity index (χ2n) is 8.05. The molecule has 1 amide bonds. The molecule has 1 spiro atoms. The highest BCUT2D eigenvalue weighted by Gasteiger charge is 2.45. The number of fused-ring (bicyclic) bond motifs is 2. The summed E-state index contributed by atoms with van der Waals surface area (Å²) in [6.07, 6.45) is 3.89. The lowest BCUT2D eigenvalue weighted by atomic mass is 9.73. The molecule has 3 nitrogen and oxygen atoms in total. The van der Waals surface area contributed by atoms with Gasteiger partial charge in [0.2, 0.25) is 5.91 Å². The molecule has 0 unspecified atom stereocenters. The third kappa shape index (κ3) is 3.63.